The van der Waals surface area contributed by atoms with Crippen molar-refractivity contribution in [2.45, 2.75) is 52.9 Å². The van der Waals surface area contributed by atoms with Gasteiger partial charge in [0.2, 0.25) is 5.91 Å². The lowest BCUT2D eigenvalue weighted by Crippen LogP contribution is -2.35. The van der Waals surface area contributed by atoms with E-state index in [2.05, 4.69) is 12.2 Å². The third-order valence-electron chi connectivity index (χ3n) is 3.69. The number of carboxylic acid groups (broad SMARTS) is 1. The van der Waals surface area contributed by atoms with Crippen molar-refractivity contribution < 1.29 is 14.7 Å². The molecule has 2 unspecified atom stereocenters. The number of hydrogen-bond donors (Lipinski definition) is 3. The van der Waals surface area contributed by atoms with Crippen molar-refractivity contribution in [3.05, 3.63) is 0 Å². The van der Waals surface area contributed by atoms with Crippen LogP contribution in [0.1, 0.15) is 52.9 Å². The summed E-state index contributed by atoms with van der Waals surface area (Å²) in [6, 6.07) is 0. The second-order valence-corrected chi connectivity index (χ2v) is 5.76. The summed E-state index contributed by atoms with van der Waals surface area (Å²) in [5.41, 5.74) is 5.57. The van der Waals surface area contributed by atoms with Gasteiger partial charge in [0.05, 0.1) is 5.92 Å². The molecular formula is C15H30N2O3. The third-order valence-corrected chi connectivity index (χ3v) is 3.69. The van der Waals surface area contributed by atoms with E-state index in [1.165, 1.54) is 0 Å². The summed E-state index contributed by atoms with van der Waals surface area (Å²) in [4.78, 5) is 22.8. The van der Waals surface area contributed by atoms with Crippen molar-refractivity contribution in [1.29, 1.82) is 0 Å². The smallest absolute Gasteiger partial charge is 0.308 e. The van der Waals surface area contributed by atoms with Gasteiger partial charge in [0.1, 0.15) is 0 Å². The standard InChI is InChI=1S/C15H30N2O3/c1-4-5-12(8-9-16)6-7-14(18)17-10-13(11(2)3)15(19)20/h11-13H,4-10,16H2,1-3H3,(H,17,18)(H,19,20). The number of amides is 1. The summed E-state index contributed by atoms with van der Waals surface area (Å²) >= 11 is 0. The van der Waals surface area contributed by atoms with Crippen LogP contribution in [0.3, 0.4) is 0 Å². The number of hydrogen-bond acceptors (Lipinski definition) is 3. The molecule has 0 heterocycles. The Labute approximate surface area is 122 Å². The topological polar surface area (TPSA) is 92.4 Å². The molecular weight excluding hydrogens is 256 g/mol. The van der Waals surface area contributed by atoms with Crippen LogP contribution < -0.4 is 11.1 Å². The summed E-state index contributed by atoms with van der Waals surface area (Å²) in [6.07, 6.45) is 4.42. The van der Waals surface area contributed by atoms with Crippen LogP contribution in [-0.4, -0.2) is 30.1 Å². The molecule has 0 rings (SSSR count). The fourth-order valence-electron chi connectivity index (χ4n) is 2.33. The number of aliphatic carboxylic acids is 1. The number of rotatable bonds is 11. The summed E-state index contributed by atoms with van der Waals surface area (Å²) < 4.78 is 0. The zero-order valence-electron chi connectivity index (χ0n) is 13.0. The zero-order chi connectivity index (χ0) is 15.5. The molecule has 0 saturated heterocycles. The average Bonchev–Trinajstić information content (AvgIpc) is 2.35. The van der Waals surface area contributed by atoms with Crippen LogP contribution in [0.2, 0.25) is 0 Å². The average molecular weight is 286 g/mol. The third kappa shape index (κ3) is 8.15. The first-order valence-corrected chi connectivity index (χ1v) is 7.61. The van der Waals surface area contributed by atoms with E-state index in [-0.39, 0.29) is 18.4 Å². The number of nitrogens with one attached hydrogen (secondary N) is 1. The molecule has 0 bridgehead atoms. The van der Waals surface area contributed by atoms with Crippen molar-refractivity contribution in [1.82, 2.24) is 5.32 Å². The van der Waals surface area contributed by atoms with E-state index in [4.69, 9.17) is 10.8 Å². The Bertz CT molecular complexity index is 287. The number of carboxylic acids is 1. The van der Waals surface area contributed by atoms with E-state index >= 15 is 0 Å². The summed E-state index contributed by atoms with van der Waals surface area (Å²) in [5, 5.41) is 11.8. The van der Waals surface area contributed by atoms with Gasteiger partial charge in [0, 0.05) is 13.0 Å². The fourth-order valence-corrected chi connectivity index (χ4v) is 2.33. The lowest BCUT2D eigenvalue weighted by molar-refractivity contribution is -0.143. The van der Waals surface area contributed by atoms with Gasteiger partial charge < -0.3 is 16.2 Å². The van der Waals surface area contributed by atoms with E-state index in [0.717, 1.165) is 25.7 Å². The van der Waals surface area contributed by atoms with Crippen molar-refractivity contribution in [3.8, 4) is 0 Å². The highest BCUT2D eigenvalue weighted by atomic mass is 16.4. The number of nitrogens with two attached hydrogens (primary N) is 1. The Morgan fingerprint density at radius 1 is 1.20 bits per heavy atom. The SMILES string of the molecule is CCCC(CCN)CCC(=O)NCC(C(=O)O)C(C)C. The first kappa shape index (κ1) is 18.9. The normalized spacial score (nSPS) is 14.1. The molecule has 0 aromatic heterocycles. The van der Waals surface area contributed by atoms with Gasteiger partial charge in [-0.3, -0.25) is 9.59 Å². The zero-order valence-corrected chi connectivity index (χ0v) is 13.0. The molecule has 0 aliphatic carbocycles. The highest BCUT2D eigenvalue weighted by Gasteiger charge is 2.22. The summed E-state index contributed by atoms with van der Waals surface area (Å²) in [7, 11) is 0. The van der Waals surface area contributed by atoms with Gasteiger partial charge in [-0.2, -0.15) is 0 Å². The molecule has 0 aliphatic rings. The van der Waals surface area contributed by atoms with Gasteiger partial charge in [0.15, 0.2) is 0 Å². The van der Waals surface area contributed by atoms with E-state index in [9.17, 15) is 9.59 Å². The minimum atomic E-state index is -0.854. The maximum atomic E-state index is 11.8. The molecule has 0 aromatic rings. The molecule has 20 heavy (non-hydrogen) atoms. The highest BCUT2D eigenvalue weighted by Crippen LogP contribution is 2.17. The van der Waals surface area contributed by atoms with Crippen LogP contribution in [-0.2, 0) is 9.59 Å². The van der Waals surface area contributed by atoms with Gasteiger partial charge in [-0.05, 0) is 31.2 Å². The molecule has 0 aliphatic heterocycles. The minimum Gasteiger partial charge on any atom is -0.481 e. The van der Waals surface area contributed by atoms with Gasteiger partial charge in [-0.15, -0.1) is 0 Å². The molecule has 4 N–H and O–H groups in total. The van der Waals surface area contributed by atoms with Crippen LogP contribution in [0.25, 0.3) is 0 Å². The monoisotopic (exact) mass is 286 g/mol. The van der Waals surface area contributed by atoms with Crippen LogP contribution in [0.15, 0.2) is 0 Å². The Kier molecular flexibility index (Phi) is 10.1. The molecule has 1 amide bonds. The molecule has 0 spiro atoms. The van der Waals surface area contributed by atoms with Gasteiger partial charge in [0.25, 0.3) is 0 Å². The van der Waals surface area contributed by atoms with Crippen LogP contribution in [0.4, 0.5) is 0 Å². The van der Waals surface area contributed by atoms with Crippen molar-refractivity contribution >= 4 is 11.9 Å². The Balaban J connectivity index is 4.06. The summed E-state index contributed by atoms with van der Waals surface area (Å²) in [6.45, 7) is 6.69. The van der Waals surface area contributed by atoms with E-state index in [0.29, 0.717) is 18.9 Å². The first-order chi connectivity index (χ1) is 9.42. The minimum absolute atomic E-state index is 0.0119. The predicted molar refractivity (Wildman–Crippen MR) is 80.3 cm³/mol. The van der Waals surface area contributed by atoms with Gasteiger partial charge in [-0.1, -0.05) is 33.6 Å². The fraction of sp³-hybridized carbons (Fsp3) is 0.867. The second-order valence-electron chi connectivity index (χ2n) is 5.76. The van der Waals surface area contributed by atoms with Crippen LogP contribution >= 0.6 is 0 Å². The predicted octanol–water partition coefficient (Wildman–Crippen LogP) is 2.00. The van der Waals surface area contributed by atoms with E-state index in [1.54, 1.807) is 0 Å². The van der Waals surface area contributed by atoms with Crippen molar-refractivity contribution in [2.75, 3.05) is 13.1 Å². The van der Waals surface area contributed by atoms with E-state index in [1.807, 2.05) is 13.8 Å². The molecule has 0 radical (unpaired) electrons. The quantitative estimate of drug-likeness (QED) is 0.541. The van der Waals surface area contributed by atoms with Crippen LogP contribution in [0.5, 0.6) is 0 Å². The van der Waals surface area contributed by atoms with Crippen molar-refractivity contribution in [3.63, 3.8) is 0 Å². The van der Waals surface area contributed by atoms with Gasteiger partial charge in [-0.25, -0.2) is 0 Å². The Morgan fingerprint density at radius 3 is 2.30 bits per heavy atom. The highest BCUT2D eigenvalue weighted by molar-refractivity contribution is 5.77. The molecule has 0 aromatic carbocycles. The van der Waals surface area contributed by atoms with Gasteiger partial charge >= 0.3 is 5.97 Å². The molecule has 0 fully saturated rings. The second kappa shape index (κ2) is 10.7. The Hall–Kier alpha value is -1.10. The van der Waals surface area contributed by atoms with Crippen molar-refractivity contribution in [2.24, 2.45) is 23.5 Å². The Morgan fingerprint density at radius 2 is 1.85 bits per heavy atom. The molecule has 5 heteroatoms. The van der Waals surface area contributed by atoms with E-state index < -0.39 is 11.9 Å². The van der Waals surface area contributed by atoms with Crippen LogP contribution in [0, 0.1) is 17.8 Å². The first-order valence-electron chi connectivity index (χ1n) is 7.61. The largest absolute Gasteiger partial charge is 0.481 e. The molecule has 5 nitrogen and oxygen atoms in total. The number of carbonyl (C=O) groups excluding carboxylic acids is 1. The maximum absolute atomic E-state index is 11.8. The number of carbonyl (C=O) groups is 2. The molecule has 2 atom stereocenters. The lowest BCUT2D eigenvalue weighted by Gasteiger charge is -2.18. The molecule has 118 valence electrons. The maximum Gasteiger partial charge on any atom is 0.308 e. The molecule has 0 saturated carbocycles. The summed E-state index contributed by atoms with van der Waals surface area (Å²) in [5.74, 6) is -0.925. The lowest BCUT2D eigenvalue weighted by atomic mass is 9.94.